The summed E-state index contributed by atoms with van der Waals surface area (Å²) in [6.45, 7) is 0. The van der Waals surface area contributed by atoms with Crippen molar-refractivity contribution in [1.29, 1.82) is 0 Å². The maximum Gasteiger partial charge on any atom is 0.194 e. The zero-order chi connectivity index (χ0) is 17.4. The highest BCUT2D eigenvalue weighted by Crippen LogP contribution is 2.31. The number of ether oxygens (including phenoxy) is 2. The number of fused-ring (bicyclic) bond motifs is 2. The average molecular weight is 328 g/mol. The second kappa shape index (κ2) is 6.26. The smallest absolute Gasteiger partial charge is 0.194 e. The van der Waals surface area contributed by atoms with E-state index in [4.69, 9.17) is 9.47 Å². The first-order valence-corrected chi connectivity index (χ1v) is 7.27. The molecule has 0 aliphatic heterocycles. The second-order valence-corrected chi connectivity index (χ2v) is 5.44. The highest BCUT2D eigenvalue weighted by molar-refractivity contribution is 6.28. The van der Waals surface area contributed by atoms with Crippen LogP contribution < -0.4 is 0 Å². The summed E-state index contributed by atoms with van der Waals surface area (Å²) in [5.41, 5.74) is 1.74. The van der Waals surface area contributed by atoms with Crippen LogP contribution in [0, 0.1) is 0 Å². The number of hydrogen-bond acceptors (Lipinski definition) is 6. The Bertz CT molecular complexity index is 757. The molecule has 2 unspecified atom stereocenters. The predicted molar refractivity (Wildman–Crippen MR) is 83.7 cm³/mol. The summed E-state index contributed by atoms with van der Waals surface area (Å²) in [4.78, 5) is 25.4. The third-order valence-corrected chi connectivity index (χ3v) is 4.08. The molecule has 0 fully saturated rings. The molecule has 0 heterocycles. The largest absolute Gasteiger partial charge is 0.364 e. The van der Waals surface area contributed by atoms with E-state index in [2.05, 4.69) is 0 Å². The average Bonchev–Trinajstić information content (AvgIpc) is 2.63. The number of aliphatic hydroxyl groups is 2. The predicted octanol–water partition coefficient (Wildman–Crippen LogP) is 1.74. The van der Waals surface area contributed by atoms with Crippen LogP contribution in [0.5, 0.6) is 0 Å². The number of carbonyl (C=O) groups is 2. The van der Waals surface area contributed by atoms with Gasteiger partial charge >= 0.3 is 0 Å². The zero-order valence-corrected chi connectivity index (χ0v) is 13.1. The van der Waals surface area contributed by atoms with Crippen LogP contribution >= 0.6 is 0 Å². The van der Waals surface area contributed by atoms with Gasteiger partial charge in [-0.15, -0.1) is 0 Å². The standard InChI is InChI=1S/C18H16O6/c1-23-17(21)9-3-5-11-13(7-9)15(19)12-6-4-10(18(22)24-2)8-14(12)16(11)20/h3-8,17-18,21-22H,1-2H3. The van der Waals surface area contributed by atoms with Crippen molar-refractivity contribution in [2.45, 2.75) is 12.6 Å². The minimum Gasteiger partial charge on any atom is -0.364 e. The molecule has 3 rings (SSSR count). The summed E-state index contributed by atoms with van der Waals surface area (Å²) in [5.74, 6) is -0.633. The molecule has 2 aromatic rings. The van der Waals surface area contributed by atoms with E-state index in [1.165, 1.54) is 50.6 Å². The van der Waals surface area contributed by atoms with Crippen LogP contribution in [0.1, 0.15) is 55.5 Å². The maximum absolute atomic E-state index is 12.7. The molecule has 0 aromatic heterocycles. The van der Waals surface area contributed by atoms with Crippen LogP contribution in [0.2, 0.25) is 0 Å². The number of rotatable bonds is 4. The summed E-state index contributed by atoms with van der Waals surface area (Å²) >= 11 is 0. The zero-order valence-electron chi connectivity index (χ0n) is 13.1. The number of carbonyl (C=O) groups excluding carboxylic acids is 2. The first kappa shape index (κ1) is 16.5. The van der Waals surface area contributed by atoms with Gasteiger partial charge in [-0.25, -0.2) is 0 Å². The molecule has 6 nitrogen and oxygen atoms in total. The lowest BCUT2D eigenvalue weighted by Gasteiger charge is -2.20. The molecule has 1 aliphatic carbocycles. The molecule has 1 aliphatic rings. The highest BCUT2D eigenvalue weighted by Gasteiger charge is 2.31. The van der Waals surface area contributed by atoms with Crippen molar-refractivity contribution < 1.29 is 29.3 Å². The van der Waals surface area contributed by atoms with E-state index < -0.39 is 12.6 Å². The van der Waals surface area contributed by atoms with Gasteiger partial charge in [0.2, 0.25) is 0 Å². The number of aliphatic hydroxyl groups excluding tert-OH is 2. The van der Waals surface area contributed by atoms with Gasteiger partial charge in [0.05, 0.1) is 0 Å². The minimum absolute atomic E-state index is 0.223. The molecular formula is C18H16O6. The molecule has 2 aromatic carbocycles. The first-order valence-electron chi connectivity index (χ1n) is 7.27. The van der Waals surface area contributed by atoms with Gasteiger partial charge in [0.15, 0.2) is 24.1 Å². The van der Waals surface area contributed by atoms with Gasteiger partial charge in [0.25, 0.3) is 0 Å². The Morgan fingerprint density at radius 3 is 1.42 bits per heavy atom. The SMILES string of the molecule is COC(O)c1ccc2c(c1)C(=O)c1ccc(C(O)OC)cc1C2=O. The molecule has 0 spiro atoms. The Kier molecular flexibility index (Phi) is 4.29. The molecule has 0 amide bonds. The van der Waals surface area contributed by atoms with E-state index >= 15 is 0 Å². The monoisotopic (exact) mass is 328 g/mol. The Hall–Kier alpha value is -2.38. The molecule has 6 heteroatoms. The Balaban J connectivity index is 2.11. The van der Waals surface area contributed by atoms with Crippen LogP contribution in [0.15, 0.2) is 36.4 Å². The van der Waals surface area contributed by atoms with Gasteiger partial charge in [-0.3, -0.25) is 9.59 Å². The number of methoxy groups -OCH3 is 2. The first-order chi connectivity index (χ1) is 11.5. The van der Waals surface area contributed by atoms with Gasteiger partial charge in [0.1, 0.15) is 0 Å². The van der Waals surface area contributed by atoms with E-state index in [0.717, 1.165) is 0 Å². The lowest BCUT2D eigenvalue weighted by molar-refractivity contribution is -0.0772. The number of benzene rings is 2. The normalized spacial score (nSPS) is 15.7. The Morgan fingerprint density at radius 2 is 1.08 bits per heavy atom. The quantitative estimate of drug-likeness (QED) is 0.709. The van der Waals surface area contributed by atoms with Gasteiger partial charge in [-0.05, 0) is 24.3 Å². The lowest BCUT2D eigenvalue weighted by atomic mass is 9.82. The van der Waals surface area contributed by atoms with E-state index in [0.29, 0.717) is 11.1 Å². The highest BCUT2D eigenvalue weighted by atomic mass is 16.6. The van der Waals surface area contributed by atoms with Crippen molar-refractivity contribution in [2.24, 2.45) is 0 Å². The summed E-state index contributed by atoms with van der Waals surface area (Å²) in [7, 11) is 2.68. The topological polar surface area (TPSA) is 93.1 Å². The summed E-state index contributed by atoms with van der Waals surface area (Å²) < 4.78 is 9.66. The van der Waals surface area contributed by atoms with E-state index in [-0.39, 0.29) is 33.8 Å². The molecule has 0 radical (unpaired) electrons. The minimum atomic E-state index is -1.17. The summed E-state index contributed by atoms with van der Waals surface area (Å²) in [5, 5.41) is 19.5. The van der Waals surface area contributed by atoms with Crippen LogP contribution in [0.4, 0.5) is 0 Å². The van der Waals surface area contributed by atoms with Crippen LogP contribution in [0.25, 0.3) is 0 Å². The van der Waals surface area contributed by atoms with Gasteiger partial charge in [0, 0.05) is 47.6 Å². The summed E-state index contributed by atoms with van der Waals surface area (Å²) in [6.07, 6.45) is -2.34. The fourth-order valence-corrected chi connectivity index (χ4v) is 2.77. The van der Waals surface area contributed by atoms with Crippen molar-refractivity contribution >= 4 is 11.6 Å². The van der Waals surface area contributed by atoms with Crippen molar-refractivity contribution in [3.05, 3.63) is 69.8 Å². The number of hydrogen-bond donors (Lipinski definition) is 2. The second-order valence-electron chi connectivity index (χ2n) is 5.44. The molecule has 124 valence electrons. The molecule has 0 bridgehead atoms. The molecule has 24 heavy (non-hydrogen) atoms. The number of ketones is 2. The fraction of sp³-hybridized carbons (Fsp3) is 0.222. The van der Waals surface area contributed by atoms with Gasteiger partial charge in [-0.1, -0.05) is 12.1 Å². The van der Waals surface area contributed by atoms with Crippen molar-refractivity contribution in [2.75, 3.05) is 14.2 Å². The molecule has 0 saturated carbocycles. The van der Waals surface area contributed by atoms with Crippen molar-refractivity contribution in [1.82, 2.24) is 0 Å². The molecule has 0 saturated heterocycles. The Morgan fingerprint density at radius 1 is 0.708 bits per heavy atom. The van der Waals surface area contributed by atoms with E-state index in [9.17, 15) is 19.8 Å². The molecular weight excluding hydrogens is 312 g/mol. The molecule has 2 atom stereocenters. The fourth-order valence-electron chi connectivity index (χ4n) is 2.77. The molecule has 2 N–H and O–H groups in total. The van der Waals surface area contributed by atoms with Gasteiger partial charge in [-0.2, -0.15) is 0 Å². The Labute approximate surface area is 138 Å². The van der Waals surface area contributed by atoms with Crippen LogP contribution in [-0.2, 0) is 9.47 Å². The third kappa shape index (κ3) is 2.55. The summed E-state index contributed by atoms with van der Waals surface area (Å²) in [6, 6.07) is 8.99. The van der Waals surface area contributed by atoms with Crippen molar-refractivity contribution in [3.63, 3.8) is 0 Å². The third-order valence-electron chi connectivity index (χ3n) is 4.08. The van der Waals surface area contributed by atoms with Crippen LogP contribution in [0.3, 0.4) is 0 Å². The van der Waals surface area contributed by atoms with Crippen molar-refractivity contribution in [3.8, 4) is 0 Å². The maximum atomic E-state index is 12.7. The van der Waals surface area contributed by atoms with E-state index in [1.807, 2.05) is 0 Å². The lowest BCUT2D eigenvalue weighted by Crippen LogP contribution is -2.22. The van der Waals surface area contributed by atoms with E-state index in [1.54, 1.807) is 0 Å². The van der Waals surface area contributed by atoms with Gasteiger partial charge < -0.3 is 19.7 Å². The van der Waals surface area contributed by atoms with Crippen LogP contribution in [-0.4, -0.2) is 36.0 Å².